The van der Waals surface area contributed by atoms with E-state index in [0.717, 1.165) is 32.1 Å². The van der Waals surface area contributed by atoms with Gasteiger partial charge in [-0.05, 0) is 19.3 Å². The van der Waals surface area contributed by atoms with Crippen LogP contribution in [-0.2, 0) is 9.53 Å². The number of aliphatic carboxylic acids is 1. The second kappa shape index (κ2) is 10.7. The Morgan fingerprint density at radius 3 is 2.50 bits per heavy atom. The molecule has 0 aliphatic heterocycles. The van der Waals surface area contributed by atoms with Gasteiger partial charge in [0.25, 0.3) is 0 Å². The zero-order valence-electron chi connectivity index (χ0n) is 10.4. The lowest BCUT2D eigenvalue weighted by molar-refractivity contribution is -0.150. The molecule has 0 aliphatic rings. The molecule has 3 nitrogen and oxygen atoms in total. The van der Waals surface area contributed by atoms with Gasteiger partial charge in [0.05, 0.1) is 6.61 Å². The first-order valence-corrected chi connectivity index (χ1v) is 6.21. The Bertz CT molecular complexity index is 199. The van der Waals surface area contributed by atoms with Crippen molar-refractivity contribution in [1.29, 1.82) is 0 Å². The van der Waals surface area contributed by atoms with Crippen molar-refractivity contribution in [3.8, 4) is 0 Å². The molecule has 1 N–H and O–H groups in total. The highest BCUT2D eigenvalue weighted by Gasteiger charge is 2.16. The molecule has 0 aromatic carbocycles. The molecule has 0 radical (unpaired) electrons. The van der Waals surface area contributed by atoms with E-state index in [9.17, 15) is 4.79 Å². The average molecular weight is 228 g/mol. The van der Waals surface area contributed by atoms with Gasteiger partial charge < -0.3 is 9.84 Å². The van der Waals surface area contributed by atoms with Crippen LogP contribution in [0.5, 0.6) is 0 Å². The Morgan fingerprint density at radius 1 is 1.25 bits per heavy atom. The Morgan fingerprint density at radius 2 is 1.94 bits per heavy atom. The highest BCUT2D eigenvalue weighted by molar-refractivity contribution is 5.72. The normalized spacial score (nSPS) is 13.1. The van der Waals surface area contributed by atoms with Crippen molar-refractivity contribution in [2.75, 3.05) is 6.61 Å². The molecule has 0 heterocycles. The minimum Gasteiger partial charge on any atom is -0.479 e. The molecule has 0 spiro atoms. The van der Waals surface area contributed by atoms with Crippen molar-refractivity contribution in [2.24, 2.45) is 0 Å². The van der Waals surface area contributed by atoms with Crippen LogP contribution in [0.2, 0.25) is 0 Å². The maximum atomic E-state index is 10.8. The minimum atomic E-state index is -0.842. The summed E-state index contributed by atoms with van der Waals surface area (Å²) >= 11 is 0. The molecule has 16 heavy (non-hydrogen) atoms. The van der Waals surface area contributed by atoms with Gasteiger partial charge in [-0.1, -0.05) is 45.3 Å². The van der Waals surface area contributed by atoms with Crippen molar-refractivity contribution in [3.63, 3.8) is 0 Å². The van der Waals surface area contributed by atoms with Crippen LogP contribution in [0.3, 0.4) is 0 Å². The number of rotatable bonds is 10. The third-order valence-corrected chi connectivity index (χ3v) is 2.32. The standard InChI is InChI=1S/C13H24O3/c1-3-5-7-8-9-11-16-12(13(14)15)10-6-4-2/h7-8,12H,3-6,9-11H2,1-2H3,(H,14,15)/b8-7-. The summed E-state index contributed by atoms with van der Waals surface area (Å²) in [5.41, 5.74) is 0. The lowest BCUT2D eigenvalue weighted by Gasteiger charge is -2.12. The van der Waals surface area contributed by atoms with Crippen LogP contribution in [0.15, 0.2) is 12.2 Å². The molecular weight excluding hydrogens is 204 g/mol. The maximum absolute atomic E-state index is 10.8. The Labute approximate surface area is 98.5 Å². The van der Waals surface area contributed by atoms with Crippen LogP contribution < -0.4 is 0 Å². The fourth-order valence-corrected chi connectivity index (χ4v) is 1.35. The van der Waals surface area contributed by atoms with Gasteiger partial charge in [0.1, 0.15) is 0 Å². The zero-order chi connectivity index (χ0) is 12.2. The van der Waals surface area contributed by atoms with E-state index in [1.165, 1.54) is 0 Å². The molecule has 0 saturated heterocycles. The minimum absolute atomic E-state index is 0.501. The summed E-state index contributed by atoms with van der Waals surface area (Å²) in [6.45, 7) is 4.68. The first-order valence-electron chi connectivity index (χ1n) is 6.21. The highest BCUT2D eigenvalue weighted by atomic mass is 16.5. The van der Waals surface area contributed by atoms with E-state index in [-0.39, 0.29) is 0 Å². The Kier molecular flexibility index (Phi) is 10.1. The number of carboxylic acids is 1. The zero-order valence-corrected chi connectivity index (χ0v) is 10.4. The lowest BCUT2D eigenvalue weighted by atomic mass is 10.1. The number of unbranched alkanes of at least 4 members (excludes halogenated alkanes) is 2. The van der Waals surface area contributed by atoms with Crippen molar-refractivity contribution >= 4 is 5.97 Å². The summed E-state index contributed by atoms with van der Waals surface area (Å²) in [5, 5.41) is 8.90. The third-order valence-electron chi connectivity index (χ3n) is 2.32. The molecule has 0 aromatic rings. The molecule has 0 rings (SSSR count). The molecular formula is C13H24O3. The molecule has 1 unspecified atom stereocenters. The molecule has 0 aliphatic carbocycles. The van der Waals surface area contributed by atoms with E-state index in [1.807, 2.05) is 6.92 Å². The maximum Gasteiger partial charge on any atom is 0.332 e. The van der Waals surface area contributed by atoms with Gasteiger partial charge in [-0.3, -0.25) is 0 Å². The van der Waals surface area contributed by atoms with Gasteiger partial charge in [0.15, 0.2) is 6.10 Å². The SMILES string of the molecule is CCC/C=C\CCOC(CCCC)C(=O)O. The molecule has 0 aromatic heterocycles. The predicted molar refractivity (Wildman–Crippen MR) is 65.6 cm³/mol. The van der Waals surface area contributed by atoms with Crippen molar-refractivity contribution in [3.05, 3.63) is 12.2 Å². The van der Waals surface area contributed by atoms with Crippen LogP contribution >= 0.6 is 0 Å². The van der Waals surface area contributed by atoms with Gasteiger partial charge in [0.2, 0.25) is 0 Å². The number of ether oxygens (including phenoxy) is 1. The molecule has 94 valence electrons. The average Bonchev–Trinajstić information content (AvgIpc) is 2.26. The van der Waals surface area contributed by atoms with Gasteiger partial charge in [-0.25, -0.2) is 4.79 Å². The third kappa shape index (κ3) is 8.48. The first-order chi connectivity index (χ1) is 7.72. The Balaban J connectivity index is 3.63. The summed E-state index contributed by atoms with van der Waals surface area (Å²) < 4.78 is 5.34. The van der Waals surface area contributed by atoms with Crippen LogP contribution in [0.1, 0.15) is 52.4 Å². The van der Waals surface area contributed by atoms with Crippen LogP contribution in [0.4, 0.5) is 0 Å². The summed E-state index contributed by atoms with van der Waals surface area (Å²) in [5.74, 6) is -0.842. The van der Waals surface area contributed by atoms with E-state index in [1.54, 1.807) is 0 Å². The lowest BCUT2D eigenvalue weighted by Crippen LogP contribution is -2.24. The number of hydrogen-bond donors (Lipinski definition) is 1. The van der Waals surface area contributed by atoms with Gasteiger partial charge in [-0.15, -0.1) is 0 Å². The van der Waals surface area contributed by atoms with Gasteiger partial charge >= 0.3 is 5.97 Å². The van der Waals surface area contributed by atoms with E-state index in [0.29, 0.717) is 13.0 Å². The van der Waals surface area contributed by atoms with E-state index in [2.05, 4.69) is 19.1 Å². The van der Waals surface area contributed by atoms with E-state index < -0.39 is 12.1 Å². The van der Waals surface area contributed by atoms with Crippen LogP contribution in [-0.4, -0.2) is 23.8 Å². The molecule has 0 fully saturated rings. The second-order valence-corrected chi connectivity index (χ2v) is 3.89. The number of carboxylic acid groups (broad SMARTS) is 1. The molecule has 1 atom stereocenters. The van der Waals surface area contributed by atoms with Crippen LogP contribution in [0, 0.1) is 0 Å². The van der Waals surface area contributed by atoms with Gasteiger partial charge in [-0.2, -0.15) is 0 Å². The van der Waals surface area contributed by atoms with Crippen LogP contribution in [0.25, 0.3) is 0 Å². The quantitative estimate of drug-likeness (QED) is 0.460. The largest absolute Gasteiger partial charge is 0.479 e. The Hall–Kier alpha value is -0.830. The highest BCUT2D eigenvalue weighted by Crippen LogP contribution is 2.06. The molecule has 3 heteroatoms. The smallest absolute Gasteiger partial charge is 0.332 e. The van der Waals surface area contributed by atoms with Gasteiger partial charge in [0, 0.05) is 0 Å². The topological polar surface area (TPSA) is 46.5 Å². The predicted octanol–water partition coefficient (Wildman–Crippen LogP) is 3.39. The van der Waals surface area contributed by atoms with Crippen molar-refractivity contribution in [2.45, 2.75) is 58.5 Å². The van der Waals surface area contributed by atoms with Crippen molar-refractivity contribution in [1.82, 2.24) is 0 Å². The fraction of sp³-hybridized carbons (Fsp3) is 0.769. The van der Waals surface area contributed by atoms with E-state index >= 15 is 0 Å². The summed E-state index contributed by atoms with van der Waals surface area (Å²) in [6, 6.07) is 0. The number of hydrogen-bond acceptors (Lipinski definition) is 2. The first kappa shape index (κ1) is 15.2. The fourth-order valence-electron chi connectivity index (χ4n) is 1.35. The molecule has 0 bridgehead atoms. The summed E-state index contributed by atoms with van der Waals surface area (Å²) in [7, 11) is 0. The summed E-state index contributed by atoms with van der Waals surface area (Å²) in [4.78, 5) is 10.8. The van der Waals surface area contributed by atoms with E-state index in [4.69, 9.17) is 9.84 Å². The molecule has 0 amide bonds. The monoisotopic (exact) mass is 228 g/mol. The summed E-state index contributed by atoms with van der Waals surface area (Å²) in [6.07, 6.45) is 9.10. The van der Waals surface area contributed by atoms with Crippen molar-refractivity contribution < 1.29 is 14.6 Å². The number of carbonyl (C=O) groups is 1. The number of allylic oxidation sites excluding steroid dienone is 1. The second-order valence-electron chi connectivity index (χ2n) is 3.89. The molecule has 0 saturated carbocycles.